The van der Waals surface area contributed by atoms with Crippen LogP contribution in [0.4, 0.5) is 0 Å². The summed E-state index contributed by atoms with van der Waals surface area (Å²) >= 11 is 3.50. The van der Waals surface area contributed by atoms with E-state index in [1.807, 2.05) is 12.1 Å². The van der Waals surface area contributed by atoms with Crippen LogP contribution in [0, 0.1) is 0 Å². The van der Waals surface area contributed by atoms with Crippen LogP contribution in [-0.2, 0) is 6.61 Å². The van der Waals surface area contributed by atoms with Gasteiger partial charge in [-0.15, -0.1) is 0 Å². The number of nitrogens with zero attached hydrogens (tertiary/aromatic N) is 3. The molecule has 0 bridgehead atoms. The van der Waals surface area contributed by atoms with Crippen molar-refractivity contribution in [3.05, 3.63) is 116 Å². The normalized spacial score (nSPS) is 11.3. The van der Waals surface area contributed by atoms with Gasteiger partial charge in [-0.25, -0.2) is 9.78 Å². The van der Waals surface area contributed by atoms with Gasteiger partial charge in [0.05, 0.1) is 42.3 Å². The summed E-state index contributed by atoms with van der Waals surface area (Å²) in [6.45, 7) is 0.127. The summed E-state index contributed by atoms with van der Waals surface area (Å²) in [6, 6.07) is 24.1. The second-order valence-corrected chi connectivity index (χ2v) is 10.5. The Hall–Kier alpha value is -5.42. The molecule has 11 heteroatoms. The molecule has 0 aliphatic rings. The molecule has 0 aliphatic carbocycles. The van der Waals surface area contributed by atoms with Gasteiger partial charge in [0.25, 0.3) is 5.56 Å². The van der Waals surface area contributed by atoms with Gasteiger partial charge in [-0.2, -0.15) is 9.78 Å². The number of methoxy groups -OCH3 is 2. The van der Waals surface area contributed by atoms with Gasteiger partial charge in [0, 0.05) is 10.0 Å². The molecule has 6 aromatic rings. The standard InChI is InChI=1S/C33H24BrN3O7/c1-41-26-8-5-9-27-24(26)16-29(44-27)31-36-25-7-4-3-6-23(25)32(38)37(31)35-17-21-14-22(34)15-28(42-2)30(21)43-18-19-10-12-20(13-11-19)33(39)40/h3-17H,18H2,1-2H3,(H,39,40). The third-order valence-corrected chi connectivity index (χ3v) is 7.34. The number of hydrogen-bond donors (Lipinski definition) is 1. The number of rotatable bonds is 9. The smallest absolute Gasteiger partial charge is 0.335 e. The van der Waals surface area contributed by atoms with Crippen molar-refractivity contribution in [1.82, 2.24) is 9.66 Å². The average Bonchev–Trinajstić information content (AvgIpc) is 3.48. The molecule has 0 saturated carbocycles. The first-order valence-electron chi connectivity index (χ1n) is 13.3. The van der Waals surface area contributed by atoms with Gasteiger partial charge < -0.3 is 23.7 Å². The van der Waals surface area contributed by atoms with E-state index in [0.29, 0.717) is 49.5 Å². The van der Waals surface area contributed by atoms with E-state index in [9.17, 15) is 14.7 Å². The predicted molar refractivity (Wildman–Crippen MR) is 169 cm³/mol. The minimum Gasteiger partial charge on any atom is -0.496 e. The van der Waals surface area contributed by atoms with Crippen molar-refractivity contribution < 1.29 is 28.5 Å². The molecule has 10 nitrogen and oxygen atoms in total. The summed E-state index contributed by atoms with van der Waals surface area (Å²) in [5.41, 5.74) is 2.11. The van der Waals surface area contributed by atoms with Gasteiger partial charge in [-0.05, 0) is 60.2 Å². The molecule has 6 rings (SSSR count). The summed E-state index contributed by atoms with van der Waals surface area (Å²) in [4.78, 5) is 29.7. The van der Waals surface area contributed by atoms with Gasteiger partial charge in [0.15, 0.2) is 17.3 Å². The summed E-state index contributed by atoms with van der Waals surface area (Å²) in [6.07, 6.45) is 1.49. The number of carboxylic acid groups (broad SMARTS) is 1. The second kappa shape index (κ2) is 12.1. The summed E-state index contributed by atoms with van der Waals surface area (Å²) in [5.74, 6) is 0.945. The van der Waals surface area contributed by atoms with Gasteiger partial charge in [0.2, 0.25) is 5.82 Å². The minimum absolute atomic E-state index is 0.127. The molecule has 0 spiro atoms. The van der Waals surface area contributed by atoms with E-state index in [0.717, 1.165) is 10.9 Å². The highest BCUT2D eigenvalue weighted by atomic mass is 79.9. The lowest BCUT2D eigenvalue weighted by molar-refractivity contribution is 0.0697. The average molecular weight is 654 g/mol. The zero-order chi connectivity index (χ0) is 30.8. The van der Waals surface area contributed by atoms with Crippen LogP contribution in [0.2, 0.25) is 0 Å². The molecular formula is C33H24BrN3O7. The van der Waals surface area contributed by atoms with Crippen molar-refractivity contribution in [2.45, 2.75) is 6.61 Å². The maximum atomic E-state index is 13.8. The Morgan fingerprint density at radius 3 is 2.50 bits per heavy atom. The largest absolute Gasteiger partial charge is 0.496 e. The number of halogens is 1. The number of fused-ring (bicyclic) bond motifs is 2. The van der Waals surface area contributed by atoms with Crippen molar-refractivity contribution in [3.63, 3.8) is 0 Å². The number of ether oxygens (including phenoxy) is 3. The monoisotopic (exact) mass is 653 g/mol. The molecule has 44 heavy (non-hydrogen) atoms. The third kappa shape index (κ3) is 5.52. The highest BCUT2D eigenvalue weighted by molar-refractivity contribution is 9.10. The van der Waals surface area contributed by atoms with Crippen LogP contribution in [0.5, 0.6) is 17.2 Å². The van der Waals surface area contributed by atoms with Crippen molar-refractivity contribution >= 4 is 50.0 Å². The molecule has 0 radical (unpaired) electrons. The van der Waals surface area contributed by atoms with E-state index in [2.05, 4.69) is 21.0 Å². The van der Waals surface area contributed by atoms with Crippen LogP contribution in [0.3, 0.4) is 0 Å². The van der Waals surface area contributed by atoms with Gasteiger partial charge in [-0.3, -0.25) is 4.79 Å². The van der Waals surface area contributed by atoms with E-state index in [-0.39, 0.29) is 18.0 Å². The van der Waals surface area contributed by atoms with Crippen LogP contribution in [0.15, 0.2) is 104 Å². The Kier molecular flexibility index (Phi) is 7.86. The number of furan rings is 1. The Labute approximate surface area is 258 Å². The fourth-order valence-corrected chi connectivity index (χ4v) is 5.18. The Bertz CT molecular complexity index is 2120. The number of benzene rings is 4. The molecule has 0 saturated heterocycles. The molecule has 4 aromatic carbocycles. The fraction of sp³-hybridized carbons (Fsp3) is 0.0909. The first-order chi connectivity index (χ1) is 21.4. The van der Waals surface area contributed by atoms with Crippen molar-refractivity contribution in [2.75, 3.05) is 14.2 Å². The maximum absolute atomic E-state index is 13.8. The quantitative estimate of drug-likeness (QED) is 0.170. The van der Waals surface area contributed by atoms with E-state index in [1.165, 1.54) is 30.1 Å². The molecular weight excluding hydrogens is 630 g/mol. The topological polar surface area (TPSA) is 125 Å². The Morgan fingerprint density at radius 1 is 0.977 bits per heavy atom. The lowest BCUT2D eigenvalue weighted by atomic mass is 10.1. The Balaban J connectivity index is 1.45. The number of hydrogen-bond acceptors (Lipinski definition) is 8. The molecule has 220 valence electrons. The highest BCUT2D eigenvalue weighted by Crippen LogP contribution is 2.36. The molecule has 0 unspecified atom stereocenters. The molecule has 0 aliphatic heterocycles. The van der Waals surface area contributed by atoms with Crippen LogP contribution in [0.1, 0.15) is 21.5 Å². The fourth-order valence-electron chi connectivity index (χ4n) is 4.72. The van der Waals surface area contributed by atoms with E-state index in [4.69, 9.17) is 23.6 Å². The van der Waals surface area contributed by atoms with Crippen LogP contribution in [0.25, 0.3) is 33.5 Å². The number of carbonyl (C=O) groups is 1. The minimum atomic E-state index is -1.01. The SMILES string of the molecule is COc1cc(Br)cc(C=Nn2c(-c3cc4c(OC)cccc4o3)nc3ccccc3c2=O)c1OCc1ccc(C(=O)O)cc1. The summed E-state index contributed by atoms with van der Waals surface area (Å²) in [5, 5.41) is 14.9. The zero-order valence-electron chi connectivity index (χ0n) is 23.5. The van der Waals surface area contributed by atoms with Crippen molar-refractivity contribution in [1.29, 1.82) is 0 Å². The predicted octanol–water partition coefficient (Wildman–Crippen LogP) is 6.75. The molecule has 2 heterocycles. The number of para-hydroxylation sites is 1. The van der Waals surface area contributed by atoms with E-state index in [1.54, 1.807) is 67.8 Å². The van der Waals surface area contributed by atoms with Gasteiger partial charge in [-0.1, -0.05) is 46.3 Å². The molecule has 0 amide bonds. The van der Waals surface area contributed by atoms with Crippen LogP contribution in [-0.4, -0.2) is 41.2 Å². The van der Waals surface area contributed by atoms with Crippen LogP contribution >= 0.6 is 15.9 Å². The van der Waals surface area contributed by atoms with Crippen LogP contribution < -0.4 is 19.8 Å². The number of aromatic nitrogens is 2. The second-order valence-electron chi connectivity index (χ2n) is 9.61. The van der Waals surface area contributed by atoms with E-state index >= 15 is 0 Å². The number of carboxylic acids is 1. The highest BCUT2D eigenvalue weighted by Gasteiger charge is 2.19. The summed E-state index contributed by atoms with van der Waals surface area (Å²) in [7, 11) is 3.09. The van der Waals surface area contributed by atoms with Gasteiger partial charge >= 0.3 is 5.97 Å². The third-order valence-electron chi connectivity index (χ3n) is 6.88. The van der Waals surface area contributed by atoms with Gasteiger partial charge in [0.1, 0.15) is 17.9 Å². The lowest BCUT2D eigenvalue weighted by Gasteiger charge is -2.14. The number of aromatic carboxylic acids is 1. The molecule has 2 aromatic heterocycles. The van der Waals surface area contributed by atoms with E-state index < -0.39 is 11.5 Å². The summed E-state index contributed by atoms with van der Waals surface area (Å²) < 4.78 is 25.2. The zero-order valence-corrected chi connectivity index (χ0v) is 25.1. The lowest BCUT2D eigenvalue weighted by Crippen LogP contribution is -2.20. The Morgan fingerprint density at radius 2 is 1.75 bits per heavy atom. The molecule has 0 fully saturated rings. The molecule has 0 atom stereocenters. The molecule has 1 N–H and O–H groups in total. The first-order valence-corrected chi connectivity index (χ1v) is 14.1. The van der Waals surface area contributed by atoms with Crippen molar-refractivity contribution in [2.24, 2.45) is 5.10 Å². The van der Waals surface area contributed by atoms with Crippen molar-refractivity contribution in [3.8, 4) is 28.8 Å². The first kappa shape index (κ1) is 28.7. The maximum Gasteiger partial charge on any atom is 0.335 e.